The summed E-state index contributed by atoms with van der Waals surface area (Å²) in [7, 11) is 1.60. The van der Waals surface area contributed by atoms with Gasteiger partial charge in [-0.05, 0) is 48.2 Å². The Morgan fingerprint density at radius 2 is 1.81 bits per heavy atom. The summed E-state index contributed by atoms with van der Waals surface area (Å²) in [5.74, 6) is 1.63. The Hall–Kier alpha value is -1.89. The average Bonchev–Trinajstić information content (AvgIpc) is 2.77. The SMILES string of the molecule is COc1cccc(CN(C(=O)CSCc2ccc(Cl)c(Cl)c2)C(C)C(=O)NCC(C)C)c1. The van der Waals surface area contributed by atoms with Crippen LogP contribution in [0.3, 0.4) is 0 Å². The molecule has 0 aliphatic carbocycles. The van der Waals surface area contributed by atoms with Gasteiger partial charge in [0.2, 0.25) is 11.8 Å². The van der Waals surface area contributed by atoms with E-state index in [4.69, 9.17) is 27.9 Å². The van der Waals surface area contributed by atoms with Crippen molar-refractivity contribution in [3.8, 4) is 5.75 Å². The highest BCUT2D eigenvalue weighted by atomic mass is 35.5. The molecular weight excluding hydrogens is 467 g/mol. The van der Waals surface area contributed by atoms with E-state index >= 15 is 0 Å². The third-order valence-electron chi connectivity index (χ3n) is 4.82. The Bertz CT molecular complexity index is 924. The van der Waals surface area contributed by atoms with E-state index in [9.17, 15) is 9.59 Å². The number of nitrogens with zero attached hydrogens (tertiary/aromatic N) is 1. The summed E-state index contributed by atoms with van der Waals surface area (Å²) in [6, 6.07) is 12.4. The maximum absolute atomic E-state index is 13.1. The lowest BCUT2D eigenvalue weighted by molar-refractivity contribution is -0.138. The van der Waals surface area contributed by atoms with Crippen molar-refractivity contribution < 1.29 is 14.3 Å². The van der Waals surface area contributed by atoms with Crippen LogP contribution in [0.2, 0.25) is 10.0 Å². The summed E-state index contributed by atoms with van der Waals surface area (Å²) < 4.78 is 5.29. The van der Waals surface area contributed by atoms with Gasteiger partial charge in [0.25, 0.3) is 0 Å². The first kappa shape index (κ1) is 26.4. The number of nitrogens with one attached hydrogen (secondary N) is 1. The predicted molar refractivity (Wildman–Crippen MR) is 133 cm³/mol. The number of halogens is 2. The van der Waals surface area contributed by atoms with Crippen molar-refractivity contribution in [3.63, 3.8) is 0 Å². The third-order valence-corrected chi connectivity index (χ3v) is 6.54. The van der Waals surface area contributed by atoms with Gasteiger partial charge in [0, 0.05) is 18.8 Å². The topological polar surface area (TPSA) is 58.6 Å². The second kappa shape index (κ2) is 13.0. The van der Waals surface area contributed by atoms with E-state index in [2.05, 4.69) is 5.32 Å². The molecule has 0 saturated heterocycles. The van der Waals surface area contributed by atoms with Crippen molar-refractivity contribution in [2.24, 2.45) is 5.92 Å². The normalized spacial score (nSPS) is 11.8. The van der Waals surface area contributed by atoms with E-state index in [1.165, 1.54) is 11.8 Å². The second-order valence-electron chi connectivity index (χ2n) is 7.93. The molecule has 0 saturated carbocycles. The monoisotopic (exact) mass is 496 g/mol. The van der Waals surface area contributed by atoms with Gasteiger partial charge < -0.3 is 15.0 Å². The highest BCUT2D eigenvalue weighted by molar-refractivity contribution is 7.99. The number of amides is 2. The van der Waals surface area contributed by atoms with E-state index in [1.54, 1.807) is 31.1 Å². The van der Waals surface area contributed by atoms with E-state index in [-0.39, 0.29) is 17.6 Å². The minimum atomic E-state index is -0.599. The lowest BCUT2D eigenvalue weighted by Gasteiger charge is -2.29. The fourth-order valence-corrected chi connectivity index (χ4v) is 4.15. The van der Waals surface area contributed by atoms with Gasteiger partial charge >= 0.3 is 0 Å². The summed E-state index contributed by atoms with van der Waals surface area (Å²) in [6.45, 7) is 6.71. The number of methoxy groups -OCH3 is 1. The first-order valence-corrected chi connectivity index (χ1v) is 12.3. The van der Waals surface area contributed by atoms with E-state index < -0.39 is 6.04 Å². The molecule has 0 heterocycles. The fourth-order valence-electron chi connectivity index (χ4n) is 2.97. The van der Waals surface area contributed by atoms with Crippen molar-refractivity contribution in [3.05, 3.63) is 63.6 Å². The van der Waals surface area contributed by atoms with E-state index in [1.807, 2.05) is 44.2 Å². The first-order valence-electron chi connectivity index (χ1n) is 10.4. The summed E-state index contributed by atoms with van der Waals surface area (Å²) in [5, 5.41) is 3.92. The Balaban J connectivity index is 2.09. The summed E-state index contributed by atoms with van der Waals surface area (Å²) in [6.07, 6.45) is 0. The molecule has 2 aromatic carbocycles. The number of ether oxygens (including phenoxy) is 1. The second-order valence-corrected chi connectivity index (χ2v) is 9.73. The lowest BCUT2D eigenvalue weighted by atomic mass is 10.1. The van der Waals surface area contributed by atoms with Crippen LogP contribution in [0.4, 0.5) is 0 Å². The van der Waals surface area contributed by atoms with Crippen LogP contribution >= 0.6 is 35.0 Å². The van der Waals surface area contributed by atoms with Crippen LogP contribution in [0.5, 0.6) is 5.75 Å². The minimum Gasteiger partial charge on any atom is -0.497 e. The first-order chi connectivity index (χ1) is 15.2. The van der Waals surface area contributed by atoms with Gasteiger partial charge in [-0.2, -0.15) is 0 Å². The zero-order valence-corrected chi connectivity index (χ0v) is 21.2. The molecule has 0 fully saturated rings. The molecule has 0 radical (unpaired) electrons. The van der Waals surface area contributed by atoms with Crippen LogP contribution in [0.1, 0.15) is 31.9 Å². The van der Waals surface area contributed by atoms with Crippen molar-refractivity contribution in [1.29, 1.82) is 0 Å². The van der Waals surface area contributed by atoms with Gasteiger partial charge in [0.05, 0.1) is 22.9 Å². The fraction of sp³-hybridized carbons (Fsp3) is 0.417. The lowest BCUT2D eigenvalue weighted by Crippen LogP contribution is -2.48. The Kier molecular flexibility index (Phi) is 10.7. The number of rotatable bonds is 11. The molecule has 1 N–H and O–H groups in total. The minimum absolute atomic E-state index is 0.106. The van der Waals surface area contributed by atoms with Crippen LogP contribution in [-0.4, -0.2) is 42.2 Å². The highest BCUT2D eigenvalue weighted by Crippen LogP contribution is 2.25. The summed E-state index contributed by atoms with van der Waals surface area (Å²) >= 11 is 13.5. The molecule has 2 amide bonds. The molecule has 32 heavy (non-hydrogen) atoms. The Morgan fingerprint density at radius 1 is 1.06 bits per heavy atom. The van der Waals surface area contributed by atoms with Crippen molar-refractivity contribution in [2.45, 2.75) is 39.1 Å². The molecule has 0 aliphatic rings. The standard InChI is InChI=1S/C24H30Cl2N2O3S/c1-16(2)12-27-24(30)17(3)28(13-18-6-5-7-20(10-18)31-4)23(29)15-32-14-19-8-9-21(25)22(26)11-19/h5-11,16-17H,12-15H2,1-4H3,(H,27,30). The molecule has 1 atom stereocenters. The molecule has 0 bridgehead atoms. The van der Waals surface area contributed by atoms with Gasteiger partial charge in [-0.1, -0.05) is 55.2 Å². The van der Waals surface area contributed by atoms with Gasteiger partial charge in [-0.25, -0.2) is 0 Å². The number of carbonyl (C=O) groups excluding carboxylic acids is 2. The van der Waals surface area contributed by atoms with Crippen LogP contribution < -0.4 is 10.1 Å². The number of thioether (sulfide) groups is 1. The van der Waals surface area contributed by atoms with E-state index in [0.29, 0.717) is 40.6 Å². The maximum Gasteiger partial charge on any atom is 0.242 e. The molecule has 0 aromatic heterocycles. The summed E-state index contributed by atoms with van der Waals surface area (Å²) in [5.41, 5.74) is 1.88. The zero-order chi connectivity index (χ0) is 23.7. The van der Waals surface area contributed by atoms with Crippen LogP contribution in [0.25, 0.3) is 0 Å². The van der Waals surface area contributed by atoms with Gasteiger partial charge in [-0.3, -0.25) is 9.59 Å². The molecule has 5 nitrogen and oxygen atoms in total. The largest absolute Gasteiger partial charge is 0.497 e. The molecule has 0 spiro atoms. The zero-order valence-electron chi connectivity index (χ0n) is 18.9. The molecule has 0 aliphatic heterocycles. The highest BCUT2D eigenvalue weighted by Gasteiger charge is 2.26. The van der Waals surface area contributed by atoms with Crippen LogP contribution in [0.15, 0.2) is 42.5 Å². The van der Waals surface area contributed by atoms with Crippen molar-refractivity contribution in [1.82, 2.24) is 10.2 Å². The van der Waals surface area contributed by atoms with Gasteiger partial charge in [0.15, 0.2) is 0 Å². The maximum atomic E-state index is 13.1. The number of hydrogen-bond donors (Lipinski definition) is 1. The third kappa shape index (κ3) is 8.23. The molecule has 2 rings (SSSR count). The van der Waals surface area contributed by atoms with Crippen molar-refractivity contribution >= 4 is 46.8 Å². The van der Waals surface area contributed by atoms with Crippen LogP contribution in [0, 0.1) is 5.92 Å². The number of hydrogen-bond acceptors (Lipinski definition) is 4. The van der Waals surface area contributed by atoms with E-state index in [0.717, 1.165) is 11.1 Å². The van der Waals surface area contributed by atoms with Gasteiger partial charge in [-0.15, -0.1) is 11.8 Å². The predicted octanol–water partition coefficient (Wildman–Crippen LogP) is 5.42. The Morgan fingerprint density at radius 3 is 2.47 bits per heavy atom. The quantitative estimate of drug-likeness (QED) is 0.450. The molecule has 174 valence electrons. The van der Waals surface area contributed by atoms with Crippen molar-refractivity contribution in [2.75, 3.05) is 19.4 Å². The molecule has 1 unspecified atom stereocenters. The van der Waals surface area contributed by atoms with Gasteiger partial charge in [0.1, 0.15) is 11.8 Å². The average molecular weight is 497 g/mol. The number of benzene rings is 2. The Labute approximate surface area is 204 Å². The van der Waals surface area contributed by atoms with Crippen LogP contribution in [-0.2, 0) is 21.9 Å². The molecule has 2 aromatic rings. The molecule has 8 heteroatoms. The molecular formula is C24H30Cl2N2O3S. The smallest absolute Gasteiger partial charge is 0.242 e. The number of carbonyl (C=O) groups is 2. The summed E-state index contributed by atoms with van der Waals surface area (Å²) in [4.78, 5) is 27.5.